The molecule has 0 fully saturated rings. The Hall–Kier alpha value is -1.62. The quantitative estimate of drug-likeness (QED) is 0.813. The maximum absolute atomic E-state index is 8.83. The van der Waals surface area contributed by atoms with Crippen molar-refractivity contribution in [3.8, 4) is 11.5 Å². The maximum atomic E-state index is 8.83. The Morgan fingerprint density at radius 3 is 2.40 bits per heavy atom. The molecule has 0 amide bonds. The summed E-state index contributed by atoms with van der Waals surface area (Å²) in [6.07, 6.45) is 0. The zero-order chi connectivity index (χ0) is 11.0. The highest BCUT2D eigenvalue weighted by Gasteiger charge is 2.18. The van der Waals surface area contributed by atoms with Gasteiger partial charge in [-0.3, -0.25) is 0 Å². The molecule has 2 aromatic rings. The molecule has 0 radical (unpaired) electrons. The SMILES string of the molecule is Cc1oc(C)c(-c2nc(CO)no2)c1C. The van der Waals surface area contributed by atoms with E-state index in [4.69, 9.17) is 14.0 Å². The summed E-state index contributed by atoms with van der Waals surface area (Å²) in [6, 6.07) is 0. The van der Waals surface area contributed by atoms with Crippen LogP contribution in [-0.2, 0) is 6.61 Å². The summed E-state index contributed by atoms with van der Waals surface area (Å²) < 4.78 is 10.5. The van der Waals surface area contributed by atoms with Crippen LogP contribution in [0.15, 0.2) is 8.94 Å². The molecule has 0 saturated heterocycles. The molecule has 2 rings (SSSR count). The lowest BCUT2D eigenvalue weighted by molar-refractivity contribution is 0.264. The van der Waals surface area contributed by atoms with E-state index in [-0.39, 0.29) is 12.4 Å². The molecule has 5 nitrogen and oxygen atoms in total. The van der Waals surface area contributed by atoms with Crippen LogP contribution in [0.5, 0.6) is 0 Å². The third kappa shape index (κ3) is 1.55. The Labute approximate surface area is 86.7 Å². The van der Waals surface area contributed by atoms with Crippen LogP contribution in [0, 0.1) is 20.8 Å². The number of aromatic nitrogens is 2. The highest BCUT2D eigenvalue weighted by atomic mass is 16.5. The summed E-state index contributed by atoms with van der Waals surface area (Å²) in [4.78, 5) is 4.05. The highest BCUT2D eigenvalue weighted by Crippen LogP contribution is 2.29. The number of hydrogen-bond acceptors (Lipinski definition) is 5. The van der Waals surface area contributed by atoms with Crippen molar-refractivity contribution in [1.82, 2.24) is 10.1 Å². The summed E-state index contributed by atoms with van der Waals surface area (Å²) in [5.41, 5.74) is 1.81. The van der Waals surface area contributed by atoms with Crippen molar-refractivity contribution in [2.45, 2.75) is 27.4 Å². The summed E-state index contributed by atoms with van der Waals surface area (Å²) in [5, 5.41) is 12.5. The number of aliphatic hydroxyl groups excluding tert-OH is 1. The van der Waals surface area contributed by atoms with Gasteiger partial charge in [0, 0.05) is 5.56 Å². The first-order valence-electron chi connectivity index (χ1n) is 4.64. The first-order valence-corrected chi connectivity index (χ1v) is 4.64. The molecule has 80 valence electrons. The first kappa shape index (κ1) is 9.92. The monoisotopic (exact) mass is 208 g/mol. The second-order valence-electron chi connectivity index (χ2n) is 3.39. The minimum Gasteiger partial charge on any atom is -0.466 e. The number of aryl methyl sites for hydroxylation is 2. The Morgan fingerprint density at radius 1 is 1.20 bits per heavy atom. The number of nitrogens with zero attached hydrogens (tertiary/aromatic N) is 2. The Kier molecular flexibility index (Phi) is 2.32. The van der Waals surface area contributed by atoms with E-state index in [1.807, 2.05) is 20.8 Å². The third-order valence-corrected chi connectivity index (χ3v) is 2.38. The fourth-order valence-corrected chi connectivity index (χ4v) is 1.53. The number of rotatable bonds is 2. The zero-order valence-electron chi connectivity index (χ0n) is 8.87. The van der Waals surface area contributed by atoms with Crippen LogP contribution in [0.3, 0.4) is 0 Å². The van der Waals surface area contributed by atoms with Crippen LogP contribution in [0.2, 0.25) is 0 Å². The molecule has 5 heteroatoms. The predicted octanol–water partition coefficient (Wildman–Crippen LogP) is 1.75. The Bertz CT molecular complexity index is 485. The van der Waals surface area contributed by atoms with Gasteiger partial charge in [-0.05, 0) is 20.8 Å². The van der Waals surface area contributed by atoms with Crippen molar-refractivity contribution >= 4 is 0 Å². The lowest BCUT2D eigenvalue weighted by Crippen LogP contribution is -1.86. The molecule has 0 spiro atoms. The molecule has 15 heavy (non-hydrogen) atoms. The van der Waals surface area contributed by atoms with Gasteiger partial charge in [0.25, 0.3) is 5.89 Å². The number of aliphatic hydroxyl groups is 1. The molecular formula is C10H12N2O3. The van der Waals surface area contributed by atoms with Gasteiger partial charge in [-0.2, -0.15) is 4.98 Å². The second kappa shape index (κ2) is 3.51. The van der Waals surface area contributed by atoms with Gasteiger partial charge in [-0.15, -0.1) is 0 Å². The second-order valence-corrected chi connectivity index (χ2v) is 3.39. The van der Waals surface area contributed by atoms with E-state index >= 15 is 0 Å². The molecule has 2 aromatic heterocycles. The van der Waals surface area contributed by atoms with E-state index in [0.29, 0.717) is 5.89 Å². The Morgan fingerprint density at radius 2 is 1.93 bits per heavy atom. The van der Waals surface area contributed by atoms with Crippen LogP contribution < -0.4 is 0 Å². The average molecular weight is 208 g/mol. The van der Waals surface area contributed by atoms with Crippen LogP contribution in [0.25, 0.3) is 11.5 Å². The van der Waals surface area contributed by atoms with Gasteiger partial charge >= 0.3 is 0 Å². The van der Waals surface area contributed by atoms with Gasteiger partial charge in [0.1, 0.15) is 18.1 Å². The van der Waals surface area contributed by atoms with Crippen LogP contribution in [0.4, 0.5) is 0 Å². The molecule has 0 unspecified atom stereocenters. The number of hydrogen-bond donors (Lipinski definition) is 1. The lowest BCUT2D eigenvalue weighted by Gasteiger charge is -1.91. The van der Waals surface area contributed by atoms with Crippen molar-refractivity contribution in [1.29, 1.82) is 0 Å². The molecule has 0 aliphatic rings. The van der Waals surface area contributed by atoms with Crippen molar-refractivity contribution in [2.75, 3.05) is 0 Å². The fourth-order valence-electron chi connectivity index (χ4n) is 1.53. The van der Waals surface area contributed by atoms with Gasteiger partial charge in [-0.1, -0.05) is 5.16 Å². The van der Waals surface area contributed by atoms with Crippen molar-refractivity contribution in [3.05, 3.63) is 22.9 Å². The van der Waals surface area contributed by atoms with Crippen molar-refractivity contribution < 1.29 is 14.0 Å². The molecule has 0 saturated carbocycles. The normalized spacial score (nSPS) is 10.9. The van der Waals surface area contributed by atoms with E-state index in [2.05, 4.69) is 10.1 Å². The largest absolute Gasteiger partial charge is 0.466 e. The summed E-state index contributed by atoms with van der Waals surface area (Å²) in [5.74, 6) is 2.26. The fraction of sp³-hybridized carbons (Fsp3) is 0.400. The van der Waals surface area contributed by atoms with Crippen LogP contribution >= 0.6 is 0 Å². The lowest BCUT2D eigenvalue weighted by atomic mass is 10.1. The molecule has 0 aromatic carbocycles. The van der Waals surface area contributed by atoms with E-state index < -0.39 is 0 Å². The molecule has 0 aliphatic heterocycles. The first-order chi connectivity index (χ1) is 7.13. The van der Waals surface area contributed by atoms with Crippen molar-refractivity contribution in [3.63, 3.8) is 0 Å². The van der Waals surface area contributed by atoms with Gasteiger partial charge in [-0.25, -0.2) is 0 Å². The molecule has 0 atom stereocenters. The molecule has 0 bridgehead atoms. The summed E-state index contributed by atoms with van der Waals surface area (Å²) >= 11 is 0. The van der Waals surface area contributed by atoms with E-state index in [9.17, 15) is 0 Å². The van der Waals surface area contributed by atoms with Crippen molar-refractivity contribution in [2.24, 2.45) is 0 Å². The topological polar surface area (TPSA) is 72.3 Å². The summed E-state index contributed by atoms with van der Waals surface area (Å²) in [6.45, 7) is 5.44. The third-order valence-electron chi connectivity index (χ3n) is 2.38. The van der Waals surface area contributed by atoms with Gasteiger partial charge in [0.2, 0.25) is 0 Å². The van der Waals surface area contributed by atoms with E-state index in [0.717, 1.165) is 22.6 Å². The van der Waals surface area contributed by atoms with Gasteiger partial charge in [0.05, 0.1) is 5.56 Å². The zero-order valence-corrected chi connectivity index (χ0v) is 8.87. The predicted molar refractivity (Wildman–Crippen MR) is 52.1 cm³/mol. The highest BCUT2D eigenvalue weighted by molar-refractivity contribution is 5.61. The van der Waals surface area contributed by atoms with Gasteiger partial charge < -0.3 is 14.0 Å². The van der Waals surface area contributed by atoms with E-state index in [1.54, 1.807) is 0 Å². The summed E-state index contributed by atoms with van der Waals surface area (Å²) in [7, 11) is 0. The minimum absolute atomic E-state index is 0.224. The minimum atomic E-state index is -0.224. The van der Waals surface area contributed by atoms with E-state index in [1.165, 1.54) is 0 Å². The smallest absolute Gasteiger partial charge is 0.261 e. The molecule has 2 heterocycles. The Balaban J connectivity index is 2.53. The standard InChI is InChI=1S/C10H12N2O3/c1-5-6(2)14-7(3)9(5)10-11-8(4-13)12-15-10/h13H,4H2,1-3H3. The maximum Gasteiger partial charge on any atom is 0.261 e. The average Bonchev–Trinajstić information content (AvgIpc) is 2.74. The number of furan rings is 1. The molecule has 0 aliphatic carbocycles. The molecule has 1 N–H and O–H groups in total. The van der Waals surface area contributed by atoms with Crippen LogP contribution in [-0.4, -0.2) is 15.2 Å². The molecular weight excluding hydrogens is 196 g/mol. The van der Waals surface area contributed by atoms with Gasteiger partial charge in [0.15, 0.2) is 5.82 Å². The van der Waals surface area contributed by atoms with Crippen LogP contribution in [0.1, 0.15) is 22.9 Å².